The maximum absolute atomic E-state index is 14.3. The van der Waals surface area contributed by atoms with Crippen molar-refractivity contribution in [2.75, 3.05) is 19.8 Å². The average Bonchev–Trinajstić information content (AvgIpc) is 3.11. The Morgan fingerprint density at radius 1 is 1.11 bits per heavy atom. The summed E-state index contributed by atoms with van der Waals surface area (Å²) in [5, 5.41) is 10.4. The highest BCUT2D eigenvalue weighted by Crippen LogP contribution is 2.57. The normalized spacial score (nSPS) is 36.3. The molecule has 1 N–H and O–H groups in total. The summed E-state index contributed by atoms with van der Waals surface area (Å²) in [6.07, 6.45) is 10.4. The van der Waals surface area contributed by atoms with Gasteiger partial charge >= 0.3 is 5.97 Å². The van der Waals surface area contributed by atoms with Crippen molar-refractivity contribution in [1.82, 2.24) is 9.80 Å². The molecule has 0 bridgehead atoms. The van der Waals surface area contributed by atoms with Crippen LogP contribution >= 0.6 is 0 Å². The van der Waals surface area contributed by atoms with E-state index in [2.05, 4.69) is 6.92 Å². The van der Waals surface area contributed by atoms with Gasteiger partial charge in [-0.2, -0.15) is 0 Å². The van der Waals surface area contributed by atoms with Crippen LogP contribution in [0.3, 0.4) is 0 Å². The van der Waals surface area contributed by atoms with Gasteiger partial charge in [0.15, 0.2) is 0 Å². The highest BCUT2D eigenvalue weighted by Gasteiger charge is 2.75. The molecule has 0 aliphatic carbocycles. The Bertz CT molecular complexity index is 915. The Hall–Kier alpha value is -2.19. The van der Waals surface area contributed by atoms with Crippen molar-refractivity contribution in [3.05, 3.63) is 24.3 Å². The summed E-state index contributed by atoms with van der Waals surface area (Å²) in [5.74, 6) is -2.58. The molecule has 2 amide bonds. The maximum atomic E-state index is 14.3. The summed E-state index contributed by atoms with van der Waals surface area (Å²) < 4.78 is 12.3. The third kappa shape index (κ3) is 4.12. The largest absolute Gasteiger partial charge is 0.465 e. The fourth-order valence-electron chi connectivity index (χ4n) is 6.63. The molecule has 0 radical (unpaired) electrons. The lowest BCUT2D eigenvalue weighted by Gasteiger charge is -2.41. The first-order chi connectivity index (χ1) is 16.6. The van der Waals surface area contributed by atoms with Crippen LogP contribution in [0.25, 0.3) is 0 Å². The van der Waals surface area contributed by atoms with Gasteiger partial charge in [0, 0.05) is 12.6 Å². The minimum absolute atomic E-state index is 0.0171. The van der Waals surface area contributed by atoms with Crippen LogP contribution in [0.15, 0.2) is 24.3 Å². The standard InChI is InChI=1S/C27H40N2O6/c1-6-10-18(4)28-13-9-12-27-20(21-25(33)34-14-8-7-11-26(21,5)35-27)23(31)29(22(27)24(28)32)19(16-30)15-17(2)3/h7,9,11-12,17-22,30H,6,8,10,13-16H2,1-5H3/t18?,19-,20+,21+,22?,26-,27+/m1/s1. The van der Waals surface area contributed by atoms with Gasteiger partial charge in [0.2, 0.25) is 11.8 Å². The molecule has 0 aromatic rings. The lowest BCUT2D eigenvalue weighted by atomic mass is 9.74. The van der Waals surface area contributed by atoms with Crippen LogP contribution < -0.4 is 0 Å². The number of esters is 1. The zero-order chi connectivity index (χ0) is 25.5. The molecule has 194 valence electrons. The van der Waals surface area contributed by atoms with Crippen molar-refractivity contribution in [2.24, 2.45) is 17.8 Å². The fraction of sp³-hybridized carbons (Fsp3) is 0.741. The van der Waals surface area contributed by atoms with E-state index in [1.54, 1.807) is 11.8 Å². The lowest BCUT2D eigenvalue weighted by Crippen LogP contribution is -2.60. The molecule has 0 aromatic carbocycles. The highest BCUT2D eigenvalue weighted by atomic mass is 16.6. The number of aliphatic hydroxyl groups is 1. The second kappa shape index (κ2) is 9.69. The first-order valence-corrected chi connectivity index (χ1v) is 13.1. The number of aliphatic hydroxyl groups excluding tert-OH is 1. The van der Waals surface area contributed by atoms with Gasteiger partial charge in [0.25, 0.3) is 0 Å². The number of fused-ring (bicyclic) bond motifs is 2. The smallest absolute Gasteiger partial charge is 0.313 e. The van der Waals surface area contributed by atoms with Crippen LogP contribution in [0.5, 0.6) is 0 Å². The Morgan fingerprint density at radius 2 is 1.86 bits per heavy atom. The van der Waals surface area contributed by atoms with Crippen molar-refractivity contribution >= 4 is 17.8 Å². The first-order valence-electron chi connectivity index (χ1n) is 13.1. The Kier molecular flexibility index (Phi) is 7.17. The summed E-state index contributed by atoms with van der Waals surface area (Å²) in [6.45, 7) is 10.3. The number of ether oxygens (including phenoxy) is 2. The quantitative estimate of drug-likeness (QED) is 0.437. The van der Waals surface area contributed by atoms with Crippen LogP contribution in [-0.4, -0.2) is 81.8 Å². The number of likely N-dealkylation sites (tertiary alicyclic amines) is 1. The maximum Gasteiger partial charge on any atom is 0.313 e. The molecule has 0 saturated carbocycles. The predicted molar refractivity (Wildman–Crippen MR) is 130 cm³/mol. The molecule has 4 rings (SSSR count). The molecule has 35 heavy (non-hydrogen) atoms. The van der Waals surface area contributed by atoms with Crippen LogP contribution in [-0.2, 0) is 23.9 Å². The van der Waals surface area contributed by atoms with Gasteiger partial charge in [-0.15, -0.1) is 0 Å². The molecule has 0 aromatic heterocycles. The Labute approximate surface area is 208 Å². The van der Waals surface area contributed by atoms with E-state index < -0.39 is 41.1 Å². The molecule has 2 fully saturated rings. The van der Waals surface area contributed by atoms with Crippen molar-refractivity contribution in [2.45, 2.75) is 89.6 Å². The molecule has 4 heterocycles. The number of hydrogen-bond donors (Lipinski definition) is 1. The predicted octanol–water partition coefficient (Wildman–Crippen LogP) is 2.45. The van der Waals surface area contributed by atoms with E-state index in [1.165, 1.54) is 0 Å². The number of amides is 2. The first kappa shape index (κ1) is 25.9. The number of carbonyl (C=O) groups excluding carboxylic acids is 3. The second-order valence-electron chi connectivity index (χ2n) is 11.1. The topological polar surface area (TPSA) is 96.4 Å². The van der Waals surface area contributed by atoms with Crippen molar-refractivity contribution in [3.8, 4) is 0 Å². The molecule has 8 nitrogen and oxygen atoms in total. The zero-order valence-electron chi connectivity index (χ0n) is 21.6. The van der Waals surface area contributed by atoms with Gasteiger partial charge < -0.3 is 24.4 Å². The number of carbonyl (C=O) groups is 3. The van der Waals surface area contributed by atoms with Crippen molar-refractivity contribution < 1.29 is 29.0 Å². The van der Waals surface area contributed by atoms with E-state index in [9.17, 15) is 19.5 Å². The molecule has 2 unspecified atom stereocenters. The average molecular weight is 489 g/mol. The zero-order valence-corrected chi connectivity index (χ0v) is 21.6. The van der Waals surface area contributed by atoms with E-state index >= 15 is 0 Å². The second-order valence-corrected chi connectivity index (χ2v) is 11.1. The van der Waals surface area contributed by atoms with Crippen molar-refractivity contribution in [3.63, 3.8) is 0 Å². The van der Waals surface area contributed by atoms with Crippen molar-refractivity contribution in [1.29, 1.82) is 0 Å². The van der Waals surface area contributed by atoms with E-state index in [-0.39, 0.29) is 37.0 Å². The van der Waals surface area contributed by atoms with Crippen LogP contribution in [0.1, 0.15) is 60.3 Å². The minimum Gasteiger partial charge on any atom is -0.465 e. The molecule has 8 heteroatoms. The van der Waals surface area contributed by atoms with E-state index in [1.807, 2.05) is 50.0 Å². The SMILES string of the molecule is CCCC(C)N1CC=C[C@]23O[C@]4(C)C=CCCOC(=O)[C@@H]4[C@H]2C(=O)N([C@@H](CO)CC(C)C)C3C1=O. The van der Waals surface area contributed by atoms with E-state index in [0.717, 1.165) is 12.8 Å². The lowest BCUT2D eigenvalue weighted by molar-refractivity contribution is -0.162. The van der Waals surface area contributed by atoms with Gasteiger partial charge in [0.1, 0.15) is 17.6 Å². The highest BCUT2D eigenvalue weighted by molar-refractivity contribution is 5.99. The third-order valence-electron chi connectivity index (χ3n) is 8.07. The molecule has 4 aliphatic rings. The summed E-state index contributed by atoms with van der Waals surface area (Å²) in [5.41, 5.74) is -2.39. The number of rotatable bonds is 7. The molecular formula is C27H40N2O6. The molecule has 2 saturated heterocycles. The molecular weight excluding hydrogens is 448 g/mol. The van der Waals surface area contributed by atoms with Gasteiger partial charge in [-0.05, 0) is 39.0 Å². The Balaban J connectivity index is 1.88. The summed E-state index contributed by atoms with van der Waals surface area (Å²) in [6, 6.07) is -1.53. The Morgan fingerprint density at radius 3 is 2.51 bits per heavy atom. The van der Waals surface area contributed by atoms with Crippen LogP contribution in [0.4, 0.5) is 0 Å². The summed E-state index contributed by atoms with van der Waals surface area (Å²) in [4.78, 5) is 45.1. The monoisotopic (exact) mass is 488 g/mol. The van der Waals surface area contributed by atoms with Crippen LogP contribution in [0, 0.1) is 17.8 Å². The number of cyclic esters (lactones) is 1. The van der Waals surface area contributed by atoms with Gasteiger partial charge in [-0.3, -0.25) is 14.4 Å². The van der Waals surface area contributed by atoms with E-state index in [4.69, 9.17) is 9.47 Å². The minimum atomic E-state index is -1.31. The molecule has 4 aliphatic heterocycles. The van der Waals surface area contributed by atoms with E-state index in [0.29, 0.717) is 19.4 Å². The van der Waals surface area contributed by atoms with Gasteiger partial charge in [0.05, 0.1) is 30.8 Å². The van der Waals surface area contributed by atoms with Gasteiger partial charge in [-0.25, -0.2) is 0 Å². The fourth-order valence-corrected chi connectivity index (χ4v) is 6.63. The number of hydrogen-bond acceptors (Lipinski definition) is 6. The van der Waals surface area contributed by atoms with Gasteiger partial charge in [-0.1, -0.05) is 51.5 Å². The molecule has 7 atom stereocenters. The summed E-state index contributed by atoms with van der Waals surface area (Å²) >= 11 is 0. The molecule has 1 spiro atoms. The van der Waals surface area contributed by atoms with Crippen LogP contribution in [0.2, 0.25) is 0 Å². The number of nitrogens with zero attached hydrogens (tertiary/aromatic N) is 2. The summed E-state index contributed by atoms with van der Waals surface area (Å²) in [7, 11) is 0. The third-order valence-corrected chi connectivity index (χ3v) is 8.07.